The minimum atomic E-state index is -0.223. The first-order valence-electron chi connectivity index (χ1n) is 14.8. The molecule has 0 aromatic rings. The van der Waals surface area contributed by atoms with Gasteiger partial charge in [-0.15, -0.1) is 0 Å². The zero-order chi connectivity index (χ0) is 25.5. The van der Waals surface area contributed by atoms with Crippen molar-refractivity contribution in [1.82, 2.24) is 0 Å². The predicted octanol–water partition coefficient (Wildman–Crippen LogP) is 7.27. The fourth-order valence-corrected chi connectivity index (χ4v) is 3.90. The summed E-state index contributed by atoms with van der Waals surface area (Å²) in [6.45, 7) is 9.03. The van der Waals surface area contributed by atoms with Crippen LogP contribution in [-0.2, 0) is 28.5 Å². The number of esters is 1. The molecule has 6 heteroatoms. The molecule has 0 N–H and O–H groups in total. The standard InChI is InChI=1S/C29H58O6/c1-3-5-6-7-8-9-10-11-12-13-14-15-16-17-18-19-21-31-23-25-33-27-28-34-26-24-32-22-20-29(30)35-4-2/h3-28H2,1-2H3. The largest absolute Gasteiger partial charge is 0.466 e. The molecular weight excluding hydrogens is 444 g/mol. The Balaban J connectivity index is 3.04. The van der Waals surface area contributed by atoms with Crippen LogP contribution in [-0.4, -0.2) is 65.4 Å². The van der Waals surface area contributed by atoms with Crippen molar-refractivity contribution in [2.45, 2.75) is 123 Å². The van der Waals surface area contributed by atoms with Gasteiger partial charge in [0, 0.05) is 6.61 Å². The molecule has 0 amide bonds. The minimum Gasteiger partial charge on any atom is -0.466 e. The van der Waals surface area contributed by atoms with E-state index in [-0.39, 0.29) is 12.4 Å². The zero-order valence-electron chi connectivity index (χ0n) is 23.3. The van der Waals surface area contributed by atoms with E-state index in [4.69, 9.17) is 23.7 Å². The third kappa shape index (κ3) is 31.3. The predicted molar refractivity (Wildman–Crippen MR) is 144 cm³/mol. The highest BCUT2D eigenvalue weighted by atomic mass is 16.6. The molecule has 0 aromatic heterocycles. The number of carbonyl (C=O) groups is 1. The molecule has 0 spiro atoms. The molecule has 0 fully saturated rings. The first kappa shape index (κ1) is 34.3. The van der Waals surface area contributed by atoms with Gasteiger partial charge in [0.25, 0.3) is 0 Å². The van der Waals surface area contributed by atoms with Crippen LogP contribution in [0.15, 0.2) is 0 Å². The summed E-state index contributed by atoms with van der Waals surface area (Å²) in [6, 6.07) is 0. The molecule has 0 unspecified atom stereocenters. The first-order valence-corrected chi connectivity index (χ1v) is 14.8. The summed E-state index contributed by atoms with van der Waals surface area (Å²) in [4.78, 5) is 11.1. The highest BCUT2D eigenvalue weighted by Gasteiger charge is 2.00. The van der Waals surface area contributed by atoms with Gasteiger partial charge in [-0.1, -0.05) is 103 Å². The molecule has 210 valence electrons. The van der Waals surface area contributed by atoms with Crippen molar-refractivity contribution in [2.24, 2.45) is 0 Å². The summed E-state index contributed by atoms with van der Waals surface area (Å²) < 4.78 is 26.7. The average molecular weight is 503 g/mol. The lowest BCUT2D eigenvalue weighted by Crippen LogP contribution is -2.13. The van der Waals surface area contributed by atoms with Gasteiger partial charge < -0.3 is 23.7 Å². The maximum Gasteiger partial charge on any atom is 0.308 e. The SMILES string of the molecule is CCCCCCCCCCCCCCCCCCOCCOCCOCCOCCC(=O)OCC. The lowest BCUT2D eigenvalue weighted by atomic mass is 10.0. The van der Waals surface area contributed by atoms with Gasteiger partial charge in [-0.25, -0.2) is 0 Å². The molecule has 6 nitrogen and oxygen atoms in total. The number of ether oxygens (including phenoxy) is 5. The maximum absolute atomic E-state index is 11.1. The van der Waals surface area contributed by atoms with Gasteiger partial charge in [0.15, 0.2) is 0 Å². The monoisotopic (exact) mass is 502 g/mol. The fourth-order valence-electron chi connectivity index (χ4n) is 3.90. The Morgan fingerprint density at radius 1 is 0.429 bits per heavy atom. The molecule has 0 aliphatic carbocycles. The highest BCUT2D eigenvalue weighted by Crippen LogP contribution is 2.13. The Morgan fingerprint density at radius 2 is 0.771 bits per heavy atom. The van der Waals surface area contributed by atoms with E-state index in [0.717, 1.165) is 13.0 Å². The van der Waals surface area contributed by atoms with Crippen LogP contribution in [0.2, 0.25) is 0 Å². The number of rotatable bonds is 30. The summed E-state index contributed by atoms with van der Waals surface area (Å²) >= 11 is 0. The number of hydrogen-bond donors (Lipinski definition) is 0. The Morgan fingerprint density at radius 3 is 1.17 bits per heavy atom. The van der Waals surface area contributed by atoms with Gasteiger partial charge >= 0.3 is 5.97 Å². The van der Waals surface area contributed by atoms with Crippen LogP contribution in [0.3, 0.4) is 0 Å². The molecule has 0 atom stereocenters. The molecule has 0 aromatic carbocycles. The van der Waals surface area contributed by atoms with Crippen LogP contribution in [0.4, 0.5) is 0 Å². The van der Waals surface area contributed by atoms with Gasteiger partial charge in [0.05, 0.1) is 59.3 Å². The van der Waals surface area contributed by atoms with E-state index in [2.05, 4.69) is 6.92 Å². The molecule has 35 heavy (non-hydrogen) atoms. The third-order valence-corrected chi connectivity index (χ3v) is 6.01. The zero-order valence-corrected chi connectivity index (χ0v) is 23.3. The van der Waals surface area contributed by atoms with Crippen LogP contribution in [0.25, 0.3) is 0 Å². The van der Waals surface area contributed by atoms with Crippen molar-refractivity contribution in [3.05, 3.63) is 0 Å². The van der Waals surface area contributed by atoms with Gasteiger partial charge in [0.1, 0.15) is 0 Å². The van der Waals surface area contributed by atoms with E-state index < -0.39 is 0 Å². The van der Waals surface area contributed by atoms with Gasteiger partial charge in [-0.05, 0) is 13.3 Å². The molecule has 0 aliphatic rings. The molecule has 0 radical (unpaired) electrons. The number of carbonyl (C=O) groups excluding carboxylic acids is 1. The van der Waals surface area contributed by atoms with Crippen molar-refractivity contribution in [2.75, 3.05) is 59.5 Å². The van der Waals surface area contributed by atoms with E-state index in [1.165, 1.54) is 96.3 Å². The smallest absolute Gasteiger partial charge is 0.308 e. The Kier molecular flexibility index (Phi) is 30.7. The summed E-state index contributed by atoms with van der Waals surface area (Å²) in [6.07, 6.45) is 22.5. The van der Waals surface area contributed by atoms with Crippen LogP contribution >= 0.6 is 0 Å². The first-order chi connectivity index (χ1) is 17.3. The molecule has 0 saturated heterocycles. The molecule has 0 bridgehead atoms. The van der Waals surface area contributed by atoms with Gasteiger partial charge in [0.2, 0.25) is 0 Å². The van der Waals surface area contributed by atoms with Crippen molar-refractivity contribution in [3.8, 4) is 0 Å². The summed E-state index contributed by atoms with van der Waals surface area (Å²) in [5, 5.41) is 0. The molecule has 0 heterocycles. The normalized spacial score (nSPS) is 11.3. The van der Waals surface area contributed by atoms with Crippen molar-refractivity contribution in [1.29, 1.82) is 0 Å². The Hall–Kier alpha value is -0.690. The van der Waals surface area contributed by atoms with Gasteiger partial charge in [-0.2, -0.15) is 0 Å². The second kappa shape index (κ2) is 31.3. The van der Waals surface area contributed by atoms with E-state index in [1.807, 2.05) is 0 Å². The minimum absolute atomic E-state index is 0.223. The molecule has 0 saturated carbocycles. The Labute approximate surface area is 217 Å². The van der Waals surface area contributed by atoms with E-state index in [0.29, 0.717) is 52.9 Å². The molecule has 0 rings (SSSR count). The topological polar surface area (TPSA) is 63.2 Å². The van der Waals surface area contributed by atoms with Crippen molar-refractivity contribution in [3.63, 3.8) is 0 Å². The second-order valence-corrected chi connectivity index (χ2v) is 9.31. The van der Waals surface area contributed by atoms with E-state index in [9.17, 15) is 4.79 Å². The third-order valence-electron chi connectivity index (χ3n) is 6.01. The lowest BCUT2D eigenvalue weighted by Gasteiger charge is -2.07. The highest BCUT2D eigenvalue weighted by molar-refractivity contribution is 5.69. The van der Waals surface area contributed by atoms with Crippen LogP contribution in [0, 0.1) is 0 Å². The van der Waals surface area contributed by atoms with E-state index >= 15 is 0 Å². The van der Waals surface area contributed by atoms with Crippen LogP contribution < -0.4 is 0 Å². The summed E-state index contributed by atoms with van der Waals surface area (Å²) in [7, 11) is 0. The fraction of sp³-hybridized carbons (Fsp3) is 0.966. The summed E-state index contributed by atoms with van der Waals surface area (Å²) in [5.41, 5.74) is 0. The van der Waals surface area contributed by atoms with Crippen LogP contribution in [0.5, 0.6) is 0 Å². The number of unbranched alkanes of at least 4 members (excludes halogenated alkanes) is 15. The maximum atomic E-state index is 11.1. The molecular formula is C29H58O6. The average Bonchev–Trinajstić information content (AvgIpc) is 2.86. The van der Waals surface area contributed by atoms with Crippen LogP contribution in [0.1, 0.15) is 123 Å². The van der Waals surface area contributed by atoms with Gasteiger partial charge in [-0.3, -0.25) is 4.79 Å². The summed E-state index contributed by atoms with van der Waals surface area (Å²) in [5.74, 6) is -0.223. The van der Waals surface area contributed by atoms with Crippen molar-refractivity contribution < 1.29 is 28.5 Å². The Bertz CT molecular complexity index is 405. The van der Waals surface area contributed by atoms with Crippen molar-refractivity contribution >= 4 is 5.97 Å². The lowest BCUT2D eigenvalue weighted by molar-refractivity contribution is -0.144. The second-order valence-electron chi connectivity index (χ2n) is 9.31. The number of hydrogen-bond acceptors (Lipinski definition) is 6. The quantitative estimate of drug-likeness (QED) is 0.0760. The molecule has 0 aliphatic heterocycles. The van der Waals surface area contributed by atoms with E-state index in [1.54, 1.807) is 6.92 Å².